The van der Waals surface area contributed by atoms with Gasteiger partial charge in [0.05, 0.1) is 0 Å². The summed E-state index contributed by atoms with van der Waals surface area (Å²) in [5, 5.41) is 8.52. The van der Waals surface area contributed by atoms with Gasteiger partial charge in [0.1, 0.15) is 5.58 Å². The van der Waals surface area contributed by atoms with Crippen molar-refractivity contribution < 1.29 is 12.8 Å². The third-order valence-corrected chi connectivity index (χ3v) is 3.59. The molecule has 0 aliphatic heterocycles. The summed E-state index contributed by atoms with van der Waals surface area (Å²) in [4.78, 5) is 4.28. The molecule has 3 N–H and O–H groups in total. The average Bonchev–Trinajstić information content (AvgIpc) is 2.77. The van der Waals surface area contributed by atoms with Crippen LogP contribution in [0.2, 0.25) is 0 Å². The Hall–Kier alpha value is -1.44. The van der Waals surface area contributed by atoms with Gasteiger partial charge in [0.25, 0.3) is 10.0 Å². The lowest BCUT2D eigenvalue weighted by molar-refractivity contribution is 0.482. The maximum atomic E-state index is 11.2. The fourth-order valence-electron chi connectivity index (χ4n) is 1.83. The molecule has 2 rings (SSSR count). The number of nitrogens with two attached hydrogens (primary N) is 1. The number of fused-ring (bicyclic) bond motifs is 1. The third kappa shape index (κ3) is 3.52. The van der Waals surface area contributed by atoms with Gasteiger partial charge in [-0.25, -0.2) is 13.6 Å². The summed E-state index contributed by atoms with van der Waals surface area (Å²) in [5.41, 5.74) is 1.39. The molecule has 6 nitrogen and oxygen atoms in total. The van der Waals surface area contributed by atoms with Crippen LogP contribution in [0.1, 0.15) is 18.5 Å². The summed E-state index contributed by atoms with van der Waals surface area (Å²) >= 11 is 0. The van der Waals surface area contributed by atoms with Crippen LogP contribution in [0.4, 0.5) is 0 Å². The van der Waals surface area contributed by atoms with E-state index in [4.69, 9.17) is 9.56 Å². The van der Waals surface area contributed by atoms with Gasteiger partial charge in [-0.2, -0.15) is 0 Å². The average molecular weight is 283 g/mol. The van der Waals surface area contributed by atoms with Gasteiger partial charge in [-0.15, -0.1) is 0 Å². The van der Waals surface area contributed by atoms with Crippen molar-refractivity contribution in [2.75, 3.05) is 13.6 Å². The van der Waals surface area contributed by atoms with Crippen molar-refractivity contribution in [3.8, 4) is 0 Å². The summed E-state index contributed by atoms with van der Waals surface area (Å²) in [6, 6.07) is 3.16. The topological polar surface area (TPSA) is 98.2 Å². The number of pyridine rings is 1. The number of aromatic nitrogens is 1. The molecule has 0 atom stereocenters. The van der Waals surface area contributed by atoms with Gasteiger partial charge in [-0.3, -0.25) is 4.98 Å². The Labute approximate surface area is 112 Å². The highest BCUT2D eigenvalue weighted by Gasteiger charge is 2.14. The van der Waals surface area contributed by atoms with Crippen LogP contribution < -0.4 is 10.5 Å². The van der Waals surface area contributed by atoms with Crippen molar-refractivity contribution >= 4 is 21.0 Å². The van der Waals surface area contributed by atoms with E-state index in [0.29, 0.717) is 11.0 Å². The summed E-state index contributed by atoms with van der Waals surface area (Å²) in [7, 11) is -1.89. The predicted octanol–water partition coefficient (Wildman–Crippen LogP) is 1.02. The second-order valence-corrected chi connectivity index (χ2v) is 5.88. The molecule has 0 fully saturated rings. The number of hydrogen-bond donors (Lipinski definition) is 2. The number of primary sulfonamides is 1. The number of hydrogen-bond acceptors (Lipinski definition) is 5. The number of nitrogens with zero attached hydrogens (tertiary/aromatic N) is 1. The maximum absolute atomic E-state index is 11.2. The number of nitrogens with one attached hydrogen (secondary N) is 1. The van der Waals surface area contributed by atoms with E-state index in [0.717, 1.165) is 31.5 Å². The minimum Gasteiger partial charge on any atom is -0.443 e. The Kier molecular flexibility index (Phi) is 4.18. The second-order valence-electron chi connectivity index (χ2n) is 4.38. The van der Waals surface area contributed by atoms with Gasteiger partial charge < -0.3 is 9.73 Å². The smallest absolute Gasteiger partial charge is 0.271 e. The Morgan fingerprint density at radius 1 is 1.37 bits per heavy atom. The van der Waals surface area contributed by atoms with E-state index < -0.39 is 10.0 Å². The van der Waals surface area contributed by atoms with Crippen molar-refractivity contribution in [2.45, 2.75) is 24.4 Å². The lowest BCUT2D eigenvalue weighted by Gasteiger charge is -2.00. The predicted molar refractivity (Wildman–Crippen MR) is 72.2 cm³/mol. The van der Waals surface area contributed by atoms with Crippen LogP contribution >= 0.6 is 0 Å². The summed E-state index contributed by atoms with van der Waals surface area (Å²) in [5.74, 6) is 0. The van der Waals surface area contributed by atoms with E-state index in [1.54, 1.807) is 12.3 Å². The number of unbranched alkanes of at least 4 members (excludes halogenated alkanes) is 1. The molecule has 2 aromatic heterocycles. The van der Waals surface area contributed by atoms with Crippen LogP contribution in [0.15, 0.2) is 27.8 Å². The molecule has 0 spiro atoms. The lowest BCUT2D eigenvalue weighted by atomic mass is 10.1. The molecule has 0 amide bonds. The molecule has 0 saturated heterocycles. The van der Waals surface area contributed by atoms with Crippen LogP contribution in [0.3, 0.4) is 0 Å². The molecule has 0 unspecified atom stereocenters. The zero-order chi connectivity index (χ0) is 13.9. The summed E-state index contributed by atoms with van der Waals surface area (Å²) in [6.45, 7) is 0.971. The first-order chi connectivity index (χ1) is 9.00. The standard InChI is InChI=1S/C12H17N3O3S/c1-14-5-3-2-4-10-7-11-9(8-15-10)6-12(18-11)19(13,16)17/h6-8,14H,2-5H2,1H3,(H2,13,16,17). The van der Waals surface area contributed by atoms with Crippen molar-refractivity contribution in [1.29, 1.82) is 0 Å². The second kappa shape index (κ2) is 5.68. The van der Waals surface area contributed by atoms with Crippen LogP contribution in [0.25, 0.3) is 11.0 Å². The largest absolute Gasteiger partial charge is 0.443 e. The first-order valence-electron chi connectivity index (χ1n) is 6.06. The zero-order valence-corrected chi connectivity index (χ0v) is 11.5. The first-order valence-corrected chi connectivity index (χ1v) is 7.61. The Balaban J connectivity index is 2.16. The van der Waals surface area contributed by atoms with Crippen LogP contribution in [-0.4, -0.2) is 27.0 Å². The fourth-order valence-corrected chi connectivity index (χ4v) is 2.33. The molecule has 7 heteroatoms. The molecule has 19 heavy (non-hydrogen) atoms. The number of aryl methyl sites for hydroxylation is 1. The monoisotopic (exact) mass is 283 g/mol. The molecule has 0 aromatic carbocycles. The molecule has 0 bridgehead atoms. The van der Waals surface area contributed by atoms with E-state index in [-0.39, 0.29) is 5.09 Å². The maximum Gasteiger partial charge on any atom is 0.271 e. The van der Waals surface area contributed by atoms with E-state index in [1.807, 2.05) is 7.05 Å². The van der Waals surface area contributed by atoms with Gasteiger partial charge in [0.15, 0.2) is 0 Å². The normalized spacial score (nSPS) is 12.1. The van der Waals surface area contributed by atoms with Crippen LogP contribution in [0, 0.1) is 0 Å². The van der Waals surface area contributed by atoms with Crippen molar-refractivity contribution in [1.82, 2.24) is 10.3 Å². The van der Waals surface area contributed by atoms with E-state index in [1.165, 1.54) is 6.07 Å². The van der Waals surface area contributed by atoms with E-state index in [2.05, 4.69) is 10.3 Å². The van der Waals surface area contributed by atoms with Gasteiger partial charge in [-0.05, 0) is 32.9 Å². The molecule has 0 aliphatic carbocycles. The molecule has 0 radical (unpaired) electrons. The van der Waals surface area contributed by atoms with Crippen LogP contribution in [-0.2, 0) is 16.4 Å². The van der Waals surface area contributed by atoms with E-state index in [9.17, 15) is 8.42 Å². The highest BCUT2D eigenvalue weighted by molar-refractivity contribution is 7.89. The molecule has 2 aromatic rings. The van der Waals surface area contributed by atoms with Crippen molar-refractivity contribution in [3.63, 3.8) is 0 Å². The van der Waals surface area contributed by atoms with Crippen molar-refractivity contribution in [3.05, 3.63) is 24.0 Å². The third-order valence-electron chi connectivity index (χ3n) is 2.83. The first kappa shape index (κ1) is 14.0. The zero-order valence-electron chi connectivity index (χ0n) is 10.7. The molecule has 0 aliphatic rings. The van der Waals surface area contributed by atoms with Crippen molar-refractivity contribution in [2.24, 2.45) is 5.14 Å². The summed E-state index contributed by atoms with van der Waals surface area (Å²) in [6.07, 6.45) is 4.53. The quantitative estimate of drug-likeness (QED) is 0.771. The van der Waals surface area contributed by atoms with Gasteiger partial charge in [0, 0.05) is 29.4 Å². The number of sulfonamides is 1. The molecular weight excluding hydrogens is 266 g/mol. The van der Waals surface area contributed by atoms with Crippen LogP contribution in [0.5, 0.6) is 0 Å². The Morgan fingerprint density at radius 3 is 2.84 bits per heavy atom. The Morgan fingerprint density at radius 2 is 2.16 bits per heavy atom. The SMILES string of the molecule is CNCCCCc1cc2oc(S(N)(=O)=O)cc2cn1. The van der Waals surface area contributed by atoms with Gasteiger partial charge >= 0.3 is 0 Å². The molecule has 0 saturated carbocycles. The Bertz CT molecular complexity index is 664. The highest BCUT2D eigenvalue weighted by Crippen LogP contribution is 2.22. The fraction of sp³-hybridized carbons (Fsp3) is 0.417. The number of furan rings is 1. The highest BCUT2D eigenvalue weighted by atomic mass is 32.2. The summed E-state index contributed by atoms with van der Waals surface area (Å²) < 4.78 is 27.6. The van der Waals surface area contributed by atoms with Gasteiger partial charge in [0.2, 0.25) is 5.09 Å². The van der Waals surface area contributed by atoms with E-state index >= 15 is 0 Å². The van der Waals surface area contributed by atoms with Gasteiger partial charge in [-0.1, -0.05) is 0 Å². The minimum atomic E-state index is -3.80. The lowest BCUT2D eigenvalue weighted by Crippen LogP contribution is -2.10. The molecule has 104 valence electrons. The molecule has 2 heterocycles. The molecular formula is C12H17N3O3S. The minimum absolute atomic E-state index is 0.225. The number of rotatable bonds is 6.